The predicted molar refractivity (Wildman–Crippen MR) is 113 cm³/mol. The maximum Gasteiger partial charge on any atom is 0.251 e. The number of ether oxygens (including phenoxy) is 3. The zero-order chi connectivity index (χ0) is 20.6. The molecular formula is C24H25NO4. The largest absolute Gasteiger partial charge is 0.493 e. The van der Waals surface area contributed by atoms with E-state index in [0.29, 0.717) is 29.4 Å². The number of carbonyl (C=O) groups is 1. The molecule has 5 nitrogen and oxygen atoms in total. The monoisotopic (exact) mass is 391 g/mol. The van der Waals surface area contributed by atoms with Crippen molar-refractivity contribution < 1.29 is 19.0 Å². The van der Waals surface area contributed by atoms with Gasteiger partial charge in [-0.25, -0.2) is 0 Å². The average molecular weight is 391 g/mol. The van der Waals surface area contributed by atoms with Crippen molar-refractivity contribution in [1.82, 2.24) is 5.32 Å². The third-order valence-corrected chi connectivity index (χ3v) is 4.80. The molecule has 0 aliphatic carbocycles. The third-order valence-electron chi connectivity index (χ3n) is 4.80. The molecule has 0 radical (unpaired) electrons. The summed E-state index contributed by atoms with van der Waals surface area (Å²) in [6.45, 7) is 0.462. The molecule has 3 rings (SSSR count). The SMILES string of the molecule is COc1cc(C(=O)NCC(c2ccccc2)c2ccccc2)cc(OC)c1OC. The minimum Gasteiger partial charge on any atom is -0.493 e. The van der Waals surface area contributed by atoms with Crippen LogP contribution in [-0.2, 0) is 0 Å². The highest BCUT2D eigenvalue weighted by atomic mass is 16.5. The van der Waals surface area contributed by atoms with Crippen LogP contribution in [0.4, 0.5) is 0 Å². The van der Waals surface area contributed by atoms with Crippen molar-refractivity contribution in [3.8, 4) is 17.2 Å². The van der Waals surface area contributed by atoms with E-state index in [0.717, 1.165) is 11.1 Å². The van der Waals surface area contributed by atoms with Gasteiger partial charge in [0, 0.05) is 18.0 Å². The molecule has 29 heavy (non-hydrogen) atoms. The highest BCUT2D eigenvalue weighted by molar-refractivity contribution is 5.95. The van der Waals surface area contributed by atoms with Crippen LogP contribution >= 0.6 is 0 Å². The number of rotatable bonds is 8. The van der Waals surface area contributed by atoms with Crippen LogP contribution in [0, 0.1) is 0 Å². The molecule has 150 valence electrons. The van der Waals surface area contributed by atoms with Gasteiger partial charge in [0.1, 0.15) is 0 Å². The van der Waals surface area contributed by atoms with Gasteiger partial charge in [0.15, 0.2) is 11.5 Å². The van der Waals surface area contributed by atoms with Gasteiger partial charge in [0.25, 0.3) is 5.91 Å². The lowest BCUT2D eigenvalue weighted by atomic mass is 9.91. The van der Waals surface area contributed by atoms with Crippen LogP contribution in [0.5, 0.6) is 17.2 Å². The predicted octanol–water partition coefficient (Wildman–Crippen LogP) is 4.27. The Balaban J connectivity index is 1.84. The van der Waals surface area contributed by atoms with Crippen LogP contribution in [0.1, 0.15) is 27.4 Å². The van der Waals surface area contributed by atoms with E-state index >= 15 is 0 Å². The van der Waals surface area contributed by atoms with Crippen molar-refractivity contribution in [3.63, 3.8) is 0 Å². The third kappa shape index (κ3) is 4.69. The Kier molecular flexibility index (Phi) is 6.74. The van der Waals surface area contributed by atoms with Gasteiger partial charge in [-0.3, -0.25) is 4.79 Å². The van der Waals surface area contributed by atoms with Gasteiger partial charge in [-0.1, -0.05) is 60.7 Å². The molecule has 0 atom stereocenters. The normalized spacial score (nSPS) is 10.5. The van der Waals surface area contributed by atoms with E-state index in [1.165, 1.54) is 21.3 Å². The van der Waals surface area contributed by atoms with Crippen LogP contribution in [0.3, 0.4) is 0 Å². The quantitative estimate of drug-likeness (QED) is 0.623. The Morgan fingerprint density at radius 1 is 0.793 bits per heavy atom. The lowest BCUT2D eigenvalue weighted by Crippen LogP contribution is -2.29. The molecule has 1 amide bonds. The van der Waals surface area contributed by atoms with Crippen molar-refractivity contribution in [2.75, 3.05) is 27.9 Å². The topological polar surface area (TPSA) is 56.8 Å². The van der Waals surface area contributed by atoms with E-state index in [4.69, 9.17) is 14.2 Å². The average Bonchev–Trinajstić information content (AvgIpc) is 2.79. The molecule has 0 saturated heterocycles. The minimum absolute atomic E-state index is 0.0448. The summed E-state index contributed by atoms with van der Waals surface area (Å²) in [5, 5.41) is 3.05. The summed E-state index contributed by atoms with van der Waals surface area (Å²) in [6.07, 6.45) is 0. The highest BCUT2D eigenvalue weighted by Gasteiger charge is 2.19. The summed E-state index contributed by atoms with van der Waals surface area (Å²) in [7, 11) is 4.59. The molecule has 3 aromatic rings. The van der Waals surface area contributed by atoms with Gasteiger partial charge < -0.3 is 19.5 Å². The summed E-state index contributed by atoms with van der Waals surface area (Å²) in [6, 6.07) is 23.6. The number of carbonyl (C=O) groups excluding carboxylic acids is 1. The van der Waals surface area contributed by atoms with Crippen molar-refractivity contribution in [2.24, 2.45) is 0 Å². The fraction of sp³-hybridized carbons (Fsp3) is 0.208. The number of benzene rings is 3. The van der Waals surface area contributed by atoms with Crippen LogP contribution in [-0.4, -0.2) is 33.8 Å². The highest BCUT2D eigenvalue weighted by Crippen LogP contribution is 2.38. The van der Waals surface area contributed by atoms with E-state index < -0.39 is 0 Å². The van der Waals surface area contributed by atoms with E-state index in [9.17, 15) is 4.79 Å². The van der Waals surface area contributed by atoms with Gasteiger partial charge in [-0.05, 0) is 23.3 Å². The molecule has 3 aromatic carbocycles. The zero-order valence-corrected chi connectivity index (χ0v) is 16.8. The standard InChI is InChI=1S/C24H25NO4/c1-27-21-14-19(15-22(28-2)23(21)29-3)24(26)25-16-20(17-10-6-4-7-11-17)18-12-8-5-9-13-18/h4-15,20H,16H2,1-3H3,(H,25,26). The van der Waals surface area contributed by atoms with Gasteiger partial charge in [0.2, 0.25) is 5.75 Å². The molecule has 0 fully saturated rings. The van der Waals surface area contributed by atoms with E-state index in [1.807, 2.05) is 36.4 Å². The Bertz CT molecular complexity index is 877. The molecular weight excluding hydrogens is 366 g/mol. The molecule has 0 spiro atoms. The van der Waals surface area contributed by atoms with Crippen molar-refractivity contribution in [2.45, 2.75) is 5.92 Å². The van der Waals surface area contributed by atoms with Crippen LogP contribution < -0.4 is 19.5 Å². The number of hydrogen-bond acceptors (Lipinski definition) is 4. The Hall–Kier alpha value is -3.47. The second-order valence-corrected chi connectivity index (χ2v) is 6.50. The second kappa shape index (κ2) is 9.64. The maximum absolute atomic E-state index is 12.9. The number of nitrogens with one attached hydrogen (secondary N) is 1. The van der Waals surface area contributed by atoms with Gasteiger partial charge in [0.05, 0.1) is 21.3 Å². The first-order valence-electron chi connectivity index (χ1n) is 9.36. The van der Waals surface area contributed by atoms with E-state index in [-0.39, 0.29) is 11.8 Å². The number of hydrogen-bond donors (Lipinski definition) is 1. The fourth-order valence-electron chi connectivity index (χ4n) is 3.31. The summed E-state index contributed by atoms with van der Waals surface area (Å²) >= 11 is 0. The molecule has 0 aromatic heterocycles. The first-order chi connectivity index (χ1) is 14.2. The van der Waals surface area contributed by atoms with Gasteiger partial charge >= 0.3 is 0 Å². The lowest BCUT2D eigenvalue weighted by Gasteiger charge is -2.19. The fourth-order valence-corrected chi connectivity index (χ4v) is 3.31. The second-order valence-electron chi connectivity index (χ2n) is 6.50. The molecule has 0 aliphatic rings. The van der Waals surface area contributed by atoms with Gasteiger partial charge in [-0.2, -0.15) is 0 Å². The Morgan fingerprint density at radius 3 is 1.69 bits per heavy atom. The van der Waals surface area contributed by atoms with Crippen LogP contribution in [0.25, 0.3) is 0 Å². The summed E-state index contributed by atoms with van der Waals surface area (Å²) < 4.78 is 16.0. The van der Waals surface area contributed by atoms with E-state index in [2.05, 4.69) is 29.6 Å². The summed E-state index contributed by atoms with van der Waals surface area (Å²) in [4.78, 5) is 12.9. The molecule has 0 bridgehead atoms. The lowest BCUT2D eigenvalue weighted by molar-refractivity contribution is 0.0951. The molecule has 0 heterocycles. The van der Waals surface area contributed by atoms with Crippen LogP contribution in [0.15, 0.2) is 72.8 Å². The smallest absolute Gasteiger partial charge is 0.251 e. The summed E-state index contributed by atoms with van der Waals surface area (Å²) in [5.74, 6) is 1.18. The summed E-state index contributed by atoms with van der Waals surface area (Å²) in [5.41, 5.74) is 2.73. The number of methoxy groups -OCH3 is 3. The molecule has 5 heteroatoms. The molecule has 1 N–H and O–H groups in total. The molecule has 0 unspecified atom stereocenters. The van der Waals surface area contributed by atoms with Gasteiger partial charge in [-0.15, -0.1) is 0 Å². The molecule has 0 saturated carbocycles. The Morgan fingerprint density at radius 2 is 1.28 bits per heavy atom. The minimum atomic E-state index is -0.207. The number of amides is 1. The maximum atomic E-state index is 12.9. The Labute approximate surface area is 171 Å². The van der Waals surface area contributed by atoms with Crippen LogP contribution in [0.2, 0.25) is 0 Å². The van der Waals surface area contributed by atoms with E-state index in [1.54, 1.807) is 12.1 Å². The van der Waals surface area contributed by atoms with Crippen molar-refractivity contribution in [3.05, 3.63) is 89.5 Å². The van der Waals surface area contributed by atoms with Crippen molar-refractivity contribution in [1.29, 1.82) is 0 Å². The first-order valence-corrected chi connectivity index (χ1v) is 9.36. The zero-order valence-electron chi connectivity index (χ0n) is 16.8. The van der Waals surface area contributed by atoms with Crippen molar-refractivity contribution >= 4 is 5.91 Å². The molecule has 0 aliphatic heterocycles. The first kappa shape index (κ1) is 20.3.